The largest absolute Gasteiger partial charge is 0.395 e. The first-order valence-electron chi connectivity index (χ1n) is 10.1. The lowest BCUT2D eigenvalue weighted by atomic mass is 9.96. The van der Waals surface area contributed by atoms with Gasteiger partial charge in [0, 0.05) is 34.2 Å². The number of aliphatic hydroxyl groups is 1. The van der Waals surface area contributed by atoms with Gasteiger partial charge in [0.25, 0.3) is 0 Å². The van der Waals surface area contributed by atoms with E-state index in [4.69, 9.17) is 23.2 Å². The predicted octanol–water partition coefficient (Wildman–Crippen LogP) is 5.54. The lowest BCUT2D eigenvalue weighted by molar-refractivity contribution is -0.122. The Labute approximate surface area is 188 Å². The second-order valence-corrected chi connectivity index (χ2v) is 8.61. The van der Waals surface area contributed by atoms with Gasteiger partial charge in [-0.25, -0.2) is 4.39 Å². The van der Waals surface area contributed by atoms with Crippen LogP contribution in [0.25, 0.3) is 0 Å². The van der Waals surface area contributed by atoms with Crippen LogP contribution in [-0.4, -0.2) is 41.1 Å². The molecule has 1 aliphatic rings. The molecule has 1 fully saturated rings. The van der Waals surface area contributed by atoms with Crippen molar-refractivity contribution in [2.75, 3.05) is 18.5 Å². The smallest absolute Gasteiger partial charge is 0.242 e. The van der Waals surface area contributed by atoms with Crippen molar-refractivity contribution in [2.24, 2.45) is 11.8 Å². The van der Waals surface area contributed by atoms with Gasteiger partial charge in [-0.15, -0.1) is 0 Å². The summed E-state index contributed by atoms with van der Waals surface area (Å²) in [4.78, 5) is 15.2. The number of rotatable bonds is 9. The number of benzene rings is 1. The lowest BCUT2D eigenvalue weighted by Crippen LogP contribution is -2.48. The summed E-state index contributed by atoms with van der Waals surface area (Å²) >= 11 is 11.7. The van der Waals surface area contributed by atoms with E-state index in [-0.39, 0.29) is 23.6 Å². The van der Waals surface area contributed by atoms with Crippen LogP contribution in [0, 0.1) is 11.8 Å². The van der Waals surface area contributed by atoms with Gasteiger partial charge in [-0.05, 0) is 42.7 Å². The maximum atomic E-state index is 15.1. The summed E-state index contributed by atoms with van der Waals surface area (Å²) < 4.78 is 15.1. The Hall–Kier alpha value is -1.66. The molecule has 1 aliphatic heterocycles. The van der Waals surface area contributed by atoms with E-state index >= 15 is 4.39 Å². The van der Waals surface area contributed by atoms with Crippen LogP contribution in [0.2, 0.25) is 5.02 Å². The molecule has 7 heteroatoms. The first kappa shape index (κ1) is 24.6. The van der Waals surface area contributed by atoms with Gasteiger partial charge in [-0.2, -0.15) is 0 Å². The highest BCUT2D eigenvalue weighted by Crippen LogP contribution is 2.37. The van der Waals surface area contributed by atoms with Crippen molar-refractivity contribution >= 4 is 34.8 Å². The van der Waals surface area contributed by atoms with E-state index in [9.17, 15) is 9.90 Å². The minimum absolute atomic E-state index is 0.143. The summed E-state index contributed by atoms with van der Waals surface area (Å²) in [6.07, 6.45) is 5.53. The molecule has 2 N–H and O–H groups in total. The van der Waals surface area contributed by atoms with Gasteiger partial charge in [-0.3, -0.25) is 9.69 Å². The lowest BCUT2D eigenvalue weighted by Gasteiger charge is -2.31. The minimum Gasteiger partial charge on any atom is -0.395 e. The molecular weight excluding hydrogens is 426 g/mol. The molecule has 4 nitrogen and oxygen atoms in total. The predicted molar refractivity (Wildman–Crippen MR) is 122 cm³/mol. The van der Waals surface area contributed by atoms with Crippen LogP contribution in [0.1, 0.15) is 26.7 Å². The molecule has 1 aromatic rings. The average molecular weight is 455 g/mol. The summed E-state index contributed by atoms with van der Waals surface area (Å²) in [5.74, 6) is -1.14. The van der Waals surface area contributed by atoms with Crippen LogP contribution < -0.4 is 5.32 Å². The third-order valence-corrected chi connectivity index (χ3v) is 5.77. The summed E-state index contributed by atoms with van der Waals surface area (Å²) in [7, 11) is 0. The van der Waals surface area contributed by atoms with E-state index in [2.05, 4.69) is 25.7 Å². The molecule has 0 saturated carbocycles. The first-order valence-corrected chi connectivity index (χ1v) is 10.8. The van der Waals surface area contributed by atoms with E-state index in [0.29, 0.717) is 29.6 Å². The van der Waals surface area contributed by atoms with Gasteiger partial charge < -0.3 is 10.4 Å². The van der Waals surface area contributed by atoms with Gasteiger partial charge >= 0.3 is 0 Å². The molecule has 0 aliphatic carbocycles. The van der Waals surface area contributed by atoms with Gasteiger partial charge in [0.1, 0.15) is 5.83 Å². The Morgan fingerprint density at radius 3 is 2.83 bits per heavy atom. The third kappa shape index (κ3) is 6.67. The van der Waals surface area contributed by atoms with E-state index in [0.717, 1.165) is 6.42 Å². The monoisotopic (exact) mass is 454 g/mol. The summed E-state index contributed by atoms with van der Waals surface area (Å²) in [5.41, 5.74) is 0.546. The van der Waals surface area contributed by atoms with Crippen LogP contribution in [0.15, 0.2) is 59.9 Å². The first-order chi connectivity index (χ1) is 14.3. The Bertz CT molecular complexity index is 812. The van der Waals surface area contributed by atoms with E-state index in [1.54, 1.807) is 24.3 Å². The van der Waals surface area contributed by atoms with Crippen molar-refractivity contribution in [3.63, 3.8) is 0 Å². The van der Waals surface area contributed by atoms with Crippen LogP contribution in [0.3, 0.4) is 0 Å². The fourth-order valence-electron chi connectivity index (χ4n) is 3.69. The number of nitrogens with zero attached hydrogens (tertiary/aromatic N) is 1. The quantitative estimate of drug-likeness (QED) is 0.481. The second kappa shape index (κ2) is 11.7. The van der Waals surface area contributed by atoms with Crippen LogP contribution in [0.4, 0.5) is 10.1 Å². The highest BCUT2D eigenvalue weighted by molar-refractivity contribution is 6.31. The van der Waals surface area contributed by atoms with Gasteiger partial charge in [-0.1, -0.05) is 62.2 Å². The molecule has 0 spiro atoms. The number of allylic oxidation sites excluding steroid dienone is 4. The number of hydrogen-bond acceptors (Lipinski definition) is 3. The van der Waals surface area contributed by atoms with Crippen LogP contribution in [-0.2, 0) is 4.79 Å². The fraction of sp³-hybridized carbons (Fsp3) is 0.435. The van der Waals surface area contributed by atoms with Gasteiger partial charge in [0.05, 0.1) is 12.6 Å². The number of aliphatic hydroxyl groups excluding tert-OH is 1. The number of anilines is 1. The van der Waals surface area contributed by atoms with E-state index in [1.165, 1.54) is 18.2 Å². The third-order valence-electron chi connectivity index (χ3n) is 5.41. The molecule has 2 rings (SSSR count). The number of carbonyl (C=O) groups is 1. The van der Waals surface area contributed by atoms with Gasteiger partial charge in [0.15, 0.2) is 0 Å². The molecule has 164 valence electrons. The zero-order valence-corrected chi connectivity index (χ0v) is 18.8. The average Bonchev–Trinajstić information content (AvgIpc) is 3.05. The van der Waals surface area contributed by atoms with Gasteiger partial charge in [0.2, 0.25) is 5.91 Å². The Morgan fingerprint density at radius 2 is 2.23 bits per heavy atom. The number of amides is 1. The molecule has 30 heavy (non-hydrogen) atoms. The molecule has 0 aromatic heterocycles. The van der Waals surface area contributed by atoms with Crippen molar-refractivity contribution in [3.8, 4) is 0 Å². The topological polar surface area (TPSA) is 52.6 Å². The molecule has 1 saturated heterocycles. The summed E-state index contributed by atoms with van der Waals surface area (Å²) in [6.45, 7) is 8.13. The zero-order valence-electron chi connectivity index (χ0n) is 17.3. The van der Waals surface area contributed by atoms with Crippen LogP contribution >= 0.6 is 23.2 Å². The van der Waals surface area contributed by atoms with E-state index in [1.807, 2.05) is 4.90 Å². The highest BCUT2D eigenvalue weighted by Gasteiger charge is 2.46. The number of hydrogen-bond donors (Lipinski definition) is 2. The Kier molecular flexibility index (Phi) is 9.56. The second-order valence-electron chi connectivity index (χ2n) is 7.69. The number of halogens is 3. The van der Waals surface area contributed by atoms with Crippen molar-refractivity contribution in [3.05, 3.63) is 65.0 Å². The molecule has 1 heterocycles. The van der Waals surface area contributed by atoms with Crippen LogP contribution in [0.5, 0.6) is 0 Å². The Morgan fingerprint density at radius 1 is 1.50 bits per heavy atom. The number of carbonyl (C=O) groups excluding carboxylic acids is 1. The fourth-order valence-corrected chi connectivity index (χ4v) is 3.96. The van der Waals surface area contributed by atoms with Crippen molar-refractivity contribution in [2.45, 2.75) is 38.8 Å². The molecular formula is C23H29Cl2FN2O2. The summed E-state index contributed by atoms with van der Waals surface area (Å²) in [6, 6.07) is 5.78. The summed E-state index contributed by atoms with van der Waals surface area (Å²) in [5, 5.41) is 13.6. The zero-order chi connectivity index (χ0) is 22.3. The van der Waals surface area contributed by atoms with Crippen molar-refractivity contribution in [1.29, 1.82) is 0 Å². The molecule has 1 amide bonds. The highest BCUT2D eigenvalue weighted by atomic mass is 35.5. The van der Waals surface area contributed by atoms with E-state index < -0.39 is 17.8 Å². The number of likely N-dealkylation sites (tertiary alicyclic amines) is 1. The normalized spacial score (nSPS) is 23.7. The molecule has 1 aromatic carbocycles. The van der Waals surface area contributed by atoms with Crippen molar-refractivity contribution in [1.82, 2.24) is 4.90 Å². The standard InChI is InChI=1S/C23H29Cl2FN2O2/c1-4-15(2)13-28-19(14-29)12-20(21(26)10-5-7-16(3)24)22(28)23(30)27-18-9-6-8-17(25)11-18/h5-11,15,19-20,22,29H,3-4,12-14H2,1-2H3,(H,27,30)/b7-5-,21-10-/t15?,19-,20?,22?/m1/s1. The Balaban J connectivity index is 2.35. The SMILES string of the molecule is C=C(Cl)/C=C\C=C(/F)C1C[C@H](CO)N(CC(C)CC)C1C(=O)Nc1cccc(Cl)c1. The molecule has 3 unspecified atom stereocenters. The maximum Gasteiger partial charge on any atom is 0.242 e. The van der Waals surface area contributed by atoms with Crippen molar-refractivity contribution < 1.29 is 14.3 Å². The molecule has 4 atom stereocenters. The maximum absolute atomic E-state index is 15.1. The number of nitrogens with one attached hydrogen (secondary N) is 1. The molecule has 0 bridgehead atoms. The molecule has 0 radical (unpaired) electrons. The minimum atomic E-state index is -0.751.